The van der Waals surface area contributed by atoms with E-state index >= 15 is 0 Å². The van der Waals surface area contributed by atoms with E-state index in [4.69, 9.17) is 5.41 Å². The average Bonchev–Trinajstić information content (AvgIpc) is 1.35. The summed E-state index contributed by atoms with van der Waals surface area (Å²) < 4.78 is 0.0810. The first-order valence-corrected chi connectivity index (χ1v) is 1.95. The van der Waals surface area contributed by atoms with Crippen molar-refractivity contribution < 1.29 is 103 Å². The van der Waals surface area contributed by atoms with Crippen molar-refractivity contribution in [1.29, 1.82) is 0 Å². The van der Waals surface area contributed by atoms with Gasteiger partial charge in [0.25, 0.3) is 0 Å². The smallest absolute Gasteiger partial charge is 0.422 e. The Morgan fingerprint density at radius 3 is 2.00 bits per heavy atom. The predicted molar refractivity (Wildman–Crippen MR) is 32.4 cm³/mol. The van der Waals surface area contributed by atoms with Gasteiger partial charge in [0.15, 0.2) is 0 Å². The summed E-state index contributed by atoms with van der Waals surface area (Å²) in [5.41, 5.74) is 0. The molecule has 0 saturated carbocycles. The zero-order valence-corrected chi connectivity index (χ0v) is 12.7. The Morgan fingerprint density at radius 1 is 1.62 bits per heavy atom. The van der Waals surface area contributed by atoms with Crippen LogP contribution in [0, 0.1) is 0 Å². The van der Waals surface area contributed by atoms with Crippen molar-refractivity contribution in [2.45, 2.75) is 0 Å². The Labute approximate surface area is 144 Å². The van der Waals surface area contributed by atoms with Crippen LogP contribution in [0.25, 0.3) is 5.41 Å². The van der Waals surface area contributed by atoms with Gasteiger partial charge in [0.2, 0.25) is 0 Å². The maximum absolute atomic E-state index is 7.68. The monoisotopic (exact) mass is 195 g/mol. The molecule has 0 rings (SSSR count). The van der Waals surface area contributed by atoms with Crippen molar-refractivity contribution in [3.63, 3.8) is 0 Å². The summed E-state index contributed by atoms with van der Waals surface area (Å²) in [6.45, 7) is 0. The van der Waals surface area contributed by atoms with Gasteiger partial charge in [0.1, 0.15) is 0 Å². The quantitative estimate of drug-likeness (QED) is 0.179. The van der Waals surface area contributed by atoms with Crippen molar-refractivity contribution in [3.05, 3.63) is 5.41 Å². The third kappa shape index (κ3) is 16.0. The molecule has 0 spiro atoms. The van der Waals surface area contributed by atoms with E-state index in [1.807, 2.05) is 0 Å². The van der Waals surface area contributed by atoms with Gasteiger partial charge in [-0.2, -0.15) is 0 Å². The Hall–Kier alpha value is 3.09. The molecule has 0 fully saturated rings. The third-order valence-corrected chi connectivity index (χ3v) is 0.337. The van der Waals surface area contributed by atoms with Gasteiger partial charge in [-0.05, 0) is 0 Å². The third-order valence-electron chi connectivity index (χ3n) is 0.146. The van der Waals surface area contributed by atoms with E-state index in [9.17, 15) is 0 Å². The summed E-state index contributed by atoms with van der Waals surface area (Å²) in [6, 6.07) is 1.47. The molecule has 0 aliphatic rings. The van der Waals surface area contributed by atoms with Crippen LogP contribution in [0.4, 0.5) is 0 Å². The molecule has 8 heavy (non-hydrogen) atoms. The van der Waals surface area contributed by atoms with Crippen LogP contribution in [0.2, 0.25) is 0 Å². The van der Waals surface area contributed by atoms with Gasteiger partial charge in [-0.15, -0.1) is 18.6 Å². The van der Waals surface area contributed by atoms with E-state index < -0.39 is 0 Å². The van der Waals surface area contributed by atoms with Crippen LogP contribution in [0.1, 0.15) is 0 Å². The SMILES string of the molecule is [K+].[K+].[N-]=C=NC(=S)S. The van der Waals surface area contributed by atoms with Crippen LogP contribution in [0.15, 0.2) is 4.99 Å². The van der Waals surface area contributed by atoms with Crippen molar-refractivity contribution in [2.24, 2.45) is 4.99 Å². The van der Waals surface area contributed by atoms with Gasteiger partial charge in [0, 0.05) is 0 Å². The summed E-state index contributed by atoms with van der Waals surface area (Å²) in [5, 5.41) is 7.68. The molecule has 0 heterocycles. The first-order valence-electron chi connectivity index (χ1n) is 1.10. The average molecular weight is 195 g/mol. The van der Waals surface area contributed by atoms with Crippen LogP contribution in [0.3, 0.4) is 0 Å². The van der Waals surface area contributed by atoms with Gasteiger partial charge >= 0.3 is 103 Å². The number of thiol groups is 1. The molecule has 0 bridgehead atoms. The second-order valence-corrected chi connectivity index (χ2v) is 1.61. The normalized spacial score (nSPS) is 4.62. The fourth-order valence-electron chi connectivity index (χ4n) is 0.0428. The largest absolute Gasteiger partial charge is 1.00 e. The van der Waals surface area contributed by atoms with E-state index in [1.165, 1.54) is 6.01 Å². The molecule has 0 aliphatic heterocycles. The molecular formula is C2HK2N2S2+. The van der Waals surface area contributed by atoms with Gasteiger partial charge in [-0.25, -0.2) is 0 Å². The van der Waals surface area contributed by atoms with Crippen LogP contribution < -0.4 is 103 Å². The summed E-state index contributed by atoms with van der Waals surface area (Å²) in [6.07, 6.45) is 0. The Morgan fingerprint density at radius 2 is 2.00 bits per heavy atom. The summed E-state index contributed by atoms with van der Waals surface area (Å²) >= 11 is 7.79. The Kier molecular flexibility index (Phi) is 27.5. The molecule has 0 saturated heterocycles. The first kappa shape index (κ1) is 17.3. The summed E-state index contributed by atoms with van der Waals surface area (Å²) in [4.78, 5) is 3.03. The molecule has 0 radical (unpaired) electrons. The number of thiocarbonyl (C=S) groups is 1. The standard InChI is InChI=1S/C2HN2S2.2K/c3-1-4-2(5)6;;/h(H,5,6);;/q-1;2*+1. The van der Waals surface area contributed by atoms with Gasteiger partial charge in [0.05, 0.1) is 4.32 Å². The van der Waals surface area contributed by atoms with E-state index in [1.54, 1.807) is 0 Å². The van der Waals surface area contributed by atoms with E-state index in [2.05, 4.69) is 29.8 Å². The second-order valence-electron chi connectivity index (χ2n) is 0.494. The van der Waals surface area contributed by atoms with E-state index in [-0.39, 0.29) is 107 Å². The van der Waals surface area contributed by atoms with Crippen molar-refractivity contribution in [2.75, 3.05) is 0 Å². The summed E-state index contributed by atoms with van der Waals surface area (Å²) in [7, 11) is 0. The molecule has 0 atom stereocenters. The van der Waals surface area contributed by atoms with E-state index in [0.29, 0.717) is 0 Å². The minimum Gasteiger partial charge on any atom is -0.422 e. The van der Waals surface area contributed by atoms with Crippen LogP contribution in [-0.4, -0.2) is 10.3 Å². The maximum Gasteiger partial charge on any atom is 1.00 e. The van der Waals surface area contributed by atoms with Gasteiger partial charge < -0.3 is 10.4 Å². The molecule has 6 heteroatoms. The van der Waals surface area contributed by atoms with Gasteiger partial charge in [-0.1, -0.05) is 12.2 Å². The van der Waals surface area contributed by atoms with Crippen LogP contribution in [0.5, 0.6) is 0 Å². The number of aliphatic imine (C=N–C) groups is 1. The molecule has 0 amide bonds. The fraction of sp³-hybridized carbons (Fsp3) is 0. The number of hydrogen-bond acceptors (Lipinski definition) is 1. The second kappa shape index (κ2) is 12.7. The van der Waals surface area contributed by atoms with Crippen molar-refractivity contribution >= 4 is 35.2 Å². The summed E-state index contributed by atoms with van der Waals surface area (Å²) in [5.74, 6) is 0. The molecule has 32 valence electrons. The maximum atomic E-state index is 7.68. The molecule has 0 aliphatic carbocycles. The zero-order valence-electron chi connectivity index (χ0n) is 4.75. The first-order chi connectivity index (χ1) is 2.77. The molecule has 0 aromatic carbocycles. The van der Waals surface area contributed by atoms with Crippen LogP contribution >= 0.6 is 24.8 Å². The van der Waals surface area contributed by atoms with Crippen molar-refractivity contribution in [1.82, 2.24) is 0 Å². The minimum atomic E-state index is 0. The molecule has 2 nitrogen and oxygen atoms in total. The number of nitrogens with zero attached hydrogens (tertiary/aromatic N) is 2. The zero-order chi connectivity index (χ0) is 4.99. The van der Waals surface area contributed by atoms with E-state index in [0.717, 1.165) is 0 Å². The molecule has 0 aromatic heterocycles. The molecule has 0 aromatic rings. The Balaban J connectivity index is -0.000000125. The molecular weight excluding hydrogens is 194 g/mol. The number of hydrogen-bond donors (Lipinski definition) is 1. The molecule has 0 N–H and O–H groups in total. The fourth-order valence-corrected chi connectivity index (χ4v) is 0.128. The topological polar surface area (TPSA) is 34.7 Å². The predicted octanol–water partition coefficient (Wildman–Crippen LogP) is -5.05. The Bertz CT molecular complexity index is 109. The molecule has 0 unspecified atom stereocenters. The number of rotatable bonds is 0. The minimum absolute atomic E-state index is 0. The van der Waals surface area contributed by atoms with Crippen LogP contribution in [-0.2, 0) is 0 Å². The van der Waals surface area contributed by atoms with Crippen molar-refractivity contribution in [3.8, 4) is 0 Å². The van der Waals surface area contributed by atoms with Gasteiger partial charge in [-0.3, -0.25) is 0 Å².